The van der Waals surface area contributed by atoms with Crippen molar-refractivity contribution in [1.29, 1.82) is 0 Å². The Balaban J connectivity index is 1.74. The first-order valence-corrected chi connectivity index (χ1v) is 11.0. The Bertz CT molecular complexity index is 851. The van der Waals surface area contributed by atoms with Gasteiger partial charge >= 0.3 is 0 Å². The fourth-order valence-electron chi connectivity index (χ4n) is 3.78. The standard InChI is InChI=1S/C23H30N2O4S/c1-4-10-24(14-17(2)26)15-23(27)25-11-8-22-20(9-12-30-22)21(25)16-29-19-7-5-6-18(13-19)28-3/h4-7,9,12-13,17,21,26H,1,8,10-11,14-16H2,2-3H3/t17-,21+/m1/s1. The molecule has 0 saturated carbocycles. The number of carbonyl (C=O) groups excluding carboxylic acids is 1. The van der Waals surface area contributed by atoms with E-state index in [0.717, 1.165) is 17.7 Å². The van der Waals surface area contributed by atoms with E-state index in [2.05, 4.69) is 18.0 Å². The molecule has 162 valence electrons. The Hall–Kier alpha value is -2.35. The maximum atomic E-state index is 13.2. The zero-order valence-corrected chi connectivity index (χ0v) is 18.4. The first-order valence-electron chi connectivity index (χ1n) is 10.2. The molecule has 1 aromatic carbocycles. The highest BCUT2D eigenvalue weighted by Crippen LogP contribution is 2.34. The lowest BCUT2D eigenvalue weighted by atomic mass is 10.0. The fourth-order valence-corrected chi connectivity index (χ4v) is 4.71. The SMILES string of the molecule is C=CCN(CC(=O)N1CCc2sccc2[C@@H]1COc1cccc(OC)c1)C[C@@H](C)O. The van der Waals surface area contributed by atoms with Crippen molar-refractivity contribution in [1.82, 2.24) is 9.80 Å². The molecule has 0 bridgehead atoms. The lowest BCUT2D eigenvalue weighted by Crippen LogP contribution is -2.47. The number of amides is 1. The van der Waals surface area contributed by atoms with Gasteiger partial charge in [-0.2, -0.15) is 0 Å². The second kappa shape index (κ2) is 10.6. The highest BCUT2D eigenvalue weighted by Gasteiger charge is 2.32. The Morgan fingerprint density at radius 2 is 2.23 bits per heavy atom. The topological polar surface area (TPSA) is 62.2 Å². The number of aliphatic hydroxyl groups excluding tert-OH is 1. The van der Waals surface area contributed by atoms with E-state index >= 15 is 0 Å². The third kappa shape index (κ3) is 5.62. The number of benzene rings is 1. The third-order valence-electron chi connectivity index (χ3n) is 5.13. The van der Waals surface area contributed by atoms with E-state index in [9.17, 15) is 9.90 Å². The van der Waals surface area contributed by atoms with Crippen LogP contribution in [0.2, 0.25) is 0 Å². The van der Waals surface area contributed by atoms with Crippen LogP contribution >= 0.6 is 11.3 Å². The van der Waals surface area contributed by atoms with Crippen LogP contribution in [0.4, 0.5) is 0 Å². The molecule has 0 radical (unpaired) electrons. The van der Waals surface area contributed by atoms with Gasteiger partial charge in [0.2, 0.25) is 5.91 Å². The summed E-state index contributed by atoms with van der Waals surface area (Å²) in [6.07, 6.45) is 2.10. The molecule has 1 N–H and O–H groups in total. The van der Waals surface area contributed by atoms with E-state index in [0.29, 0.717) is 32.0 Å². The number of thiophene rings is 1. The summed E-state index contributed by atoms with van der Waals surface area (Å²) in [5.74, 6) is 1.48. The van der Waals surface area contributed by atoms with Gasteiger partial charge in [0.1, 0.15) is 18.1 Å². The van der Waals surface area contributed by atoms with E-state index in [1.165, 1.54) is 4.88 Å². The second-order valence-corrected chi connectivity index (χ2v) is 8.47. The lowest BCUT2D eigenvalue weighted by Gasteiger charge is -2.37. The van der Waals surface area contributed by atoms with Crippen LogP contribution in [0.25, 0.3) is 0 Å². The van der Waals surface area contributed by atoms with Crippen molar-refractivity contribution in [2.75, 3.05) is 39.9 Å². The van der Waals surface area contributed by atoms with Gasteiger partial charge in [-0.15, -0.1) is 17.9 Å². The van der Waals surface area contributed by atoms with Gasteiger partial charge in [0, 0.05) is 30.6 Å². The molecule has 0 aliphatic carbocycles. The molecule has 6 nitrogen and oxygen atoms in total. The zero-order valence-electron chi connectivity index (χ0n) is 17.6. The van der Waals surface area contributed by atoms with E-state index in [1.54, 1.807) is 31.4 Å². The van der Waals surface area contributed by atoms with E-state index in [-0.39, 0.29) is 18.5 Å². The summed E-state index contributed by atoms with van der Waals surface area (Å²) >= 11 is 1.73. The van der Waals surface area contributed by atoms with Crippen molar-refractivity contribution in [3.8, 4) is 11.5 Å². The molecule has 0 saturated heterocycles. The van der Waals surface area contributed by atoms with Crippen LogP contribution in [-0.4, -0.2) is 66.8 Å². The molecular formula is C23H30N2O4S. The average Bonchev–Trinajstić information content (AvgIpc) is 3.20. The molecule has 2 heterocycles. The number of ether oxygens (including phenoxy) is 2. The highest BCUT2D eigenvalue weighted by molar-refractivity contribution is 7.10. The third-order valence-corrected chi connectivity index (χ3v) is 6.13. The van der Waals surface area contributed by atoms with Crippen molar-refractivity contribution in [2.45, 2.75) is 25.5 Å². The summed E-state index contributed by atoms with van der Waals surface area (Å²) < 4.78 is 11.3. The Morgan fingerprint density at radius 1 is 1.43 bits per heavy atom. The van der Waals surface area contributed by atoms with E-state index in [1.807, 2.05) is 34.1 Å². The summed E-state index contributed by atoms with van der Waals surface area (Å²) in [7, 11) is 1.63. The van der Waals surface area contributed by atoms with Gasteiger partial charge in [-0.25, -0.2) is 0 Å². The number of hydrogen-bond donors (Lipinski definition) is 1. The largest absolute Gasteiger partial charge is 0.497 e. The molecule has 2 atom stereocenters. The first kappa shape index (κ1) is 22.3. The maximum Gasteiger partial charge on any atom is 0.237 e. The van der Waals surface area contributed by atoms with Crippen molar-refractivity contribution in [3.63, 3.8) is 0 Å². The predicted molar refractivity (Wildman–Crippen MR) is 119 cm³/mol. The maximum absolute atomic E-state index is 13.2. The average molecular weight is 431 g/mol. The molecule has 0 fully saturated rings. The second-order valence-electron chi connectivity index (χ2n) is 7.47. The highest BCUT2D eigenvalue weighted by atomic mass is 32.1. The van der Waals surface area contributed by atoms with Crippen molar-refractivity contribution in [3.05, 3.63) is 58.8 Å². The van der Waals surface area contributed by atoms with Crippen LogP contribution in [0, 0.1) is 0 Å². The normalized spacial score (nSPS) is 16.8. The summed E-state index contributed by atoms with van der Waals surface area (Å²) in [6.45, 7) is 7.76. The van der Waals surface area contributed by atoms with Gasteiger partial charge in [0.15, 0.2) is 0 Å². The van der Waals surface area contributed by atoms with Crippen molar-refractivity contribution >= 4 is 17.2 Å². The smallest absolute Gasteiger partial charge is 0.237 e. The van der Waals surface area contributed by atoms with Gasteiger partial charge in [-0.3, -0.25) is 9.69 Å². The number of rotatable bonds is 10. The van der Waals surface area contributed by atoms with Crippen LogP contribution in [0.5, 0.6) is 11.5 Å². The summed E-state index contributed by atoms with van der Waals surface area (Å²) in [6, 6.07) is 9.44. The first-order chi connectivity index (χ1) is 14.5. The lowest BCUT2D eigenvalue weighted by molar-refractivity contribution is -0.136. The fraction of sp³-hybridized carbons (Fsp3) is 0.435. The van der Waals surface area contributed by atoms with Gasteiger partial charge in [-0.1, -0.05) is 12.1 Å². The number of methoxy groups -OCH3 is 1. The molecule has 0 unspecified atom stereocenters. The monoisotopic (exact) mass is 430 g/mol. The molecule has 1 amide bonds. The summed E-state index contributed by atoms with van der Waals surface area (Å²) in [4.78, 5) is 18.4. The van der Waals surface area contributed by atoms with Gasteiger partial charge in [-0.05, 0) is 42.5 Å². The molecule has 30 heavy (non-hydrogen) atoms. The van der Waals surface area contributed by atoms with Gasteiger partial charge < -0.3 is 19.5 Å². The zero-order chi connectivity index (χ0) is 21.5. The van der Waals surface area contributed by atoms with Crippen LogP contribution in [0.1, 0.15) is 23.4 Å². The molecule has 1 aromatic heterocycles. The predicted octanol–water partition coefficient (Wildman–Crippen LogP) is 3.13. The minimum atomic E-state index is -0.505. The molecule has 1 aliphatic heterocycles. The molecule has 7 heteroatoms. The van der Waals surface area contributed by atoms with Crippen molar-refractivity contribution < 1.29 is 19.4 Å². The van der Waals surface area contributed by atoms with Gasteiger partial charge in [0.05, 0.1) is 25.8 Å². The number of carbonyl (C=O) groups is 1. The Kier molecular flexibility index (Phi) is 7.90. The van der Waals surface area contributed by atoms with Crippen LogP contribution in [0.3, 0.4) is 0 Å². The Morgan fingerprint density at radius 3 is 2.97 bits per heavy atom. The molecular weight excluding hydrogens is 400 g/mol. The number of hydrogen-bond acceptors (Lipinski definition) is 6. The van der Waals surface area contributed by atoms with Crippen LogP contribution in [-0.2, 0) is 11.2 Å². The van der Waals surface area contributed by atoms with E-state index in [4.69, 9.17) is 9.47 Å². The molecule has 0 spiro atoms. The molecule has 2 aromatic rings. The van der Waals surface area contributed by atoms with Crippen molar-refractivity contribution in [2.24, 2.45) is 0 Å². The number of nitrogens with zero attached hydrogens (tertiary/aromatic N) is 2. The minimum absolute atomic E-state index is 0.0357. The molecule has 1 aliphatic rings. The number of fused-ring (bicyclic) bond motifs is 1. The quantitative estimate of drug-likeness (QED) is 0.587. The Labute approximate surface area is 182 Å². The van der Waals surface area contributed by atoms with Gasteiger partial charge in [0.25, 0.3) is 0 Å². The summed E-state index contributed by atoms with van der Waals surface area (Å²) in [5, 5.41) is 11.8. The van der Waals surface area contributed by atoms with Crippen LogP contribution in [0.15, 0.2) is 48.4 Å². The van der Waals surface area contributed by atoms with E-state index < -0.39 is 6.10 Å². The number of aliphatic hydroxyl groups is 1. The molecule has 3 rings (SSSR count). The summed E-state index contributed by atoms with van der Waals surface area (Å²) in [5.41, 5.74) is 1.16. The minimum Gasteiger partial charge on any atom is -0.497 e. The van der Waals surface area contributed by atoms with Crippen LogP contribution < -0.4 is 9.47 Å².